The molecule has 0 spiro atoms. The van der Waals surface area contributed by atoms with Crippen LogP contribution < -0.4 is 10.6 Å². The molecule has 0 bridgehead atoms. The highest BCUT2D eigenvalue weighted by atomic mass is 31.2. The summed E-state index contributed by atoms with van der Waals surface area (Å²) in [6, 6.07) is 7.88. The van der Waals surface area contributed by atoms with Gasteiger partial charge in [-0.2, -0.15) is 0 Å². The Labute approximate surface area is 267 Å². The number of aliphatic hydroxyl groups is 1. The molecule has 3 rings (SSSR count). The Balaban J connectivity index is 1.87. The average Bonchev–Trinajstić information content (AvgIpc) is 3.43. The Kier molecular flexibility index (Phi) is 14.7. The van der Waals surface area contributed by atoms with E-state index in [2.05, 4.69) is 15.6 Å². The number of rotatable bonds is 17. The van der Waals surface area contributed by atoms with Gasteiger partial charge in [0.15, 0.2) is 5.85 Å². The van der Waals surface area contributed by atoms with Crippen molar-refractivity contribution in [1.82, 2.24) is 20.2 Å². The smallest absolute Gasteiger partial charge is 0.414 e. The van der Waals surface area contributed by atoms with Gasteiger partial charge in [-0.25, -0.2) is 9.78 Å². The van der Waals surface area contributed by atoms with Gasteiger partial charge in [-0.15, -0.1) is 0 Å². The molecule has 1 aliphatic carbocycles. The van der Waals surface area contributed by atoms with Gasteiger partial charge in [0.25, 0.3) is 0 Å². The summed E-state index contributed by atoms with van der Waals surface area (Å²) in [5.41, 5.74) is 0.857. The van der Waals surface area contributed by atoms with E-state index in [0.29, 0.717) is 18.7 Å². The molecule has 0 aliphatic heterocycles. The topological polar surface area (TPSA) is 150 Å². The first kappa shape index (κ1) is 36.9. The number of ether oxygens (including phenoxy) is 2. The molecule has 1 saturated carbocycles. The van der Waals surface area contributed by atoms with Crippen LogP contribution in [-0.2, 0) is 47.6 Å². The van der Waals surface area contributed by atoms with E-state index < -0.39 is 43.1 Å². The largest absolute Gasteiger partial charge is 0.444 e. The van der Waals surface area contributed by atoms with E-state index in [4.69, 9.17) is 18.5 Å². The number of amides is 2. The molecular formula is C32H51N4O8P. The molecule has 2 aromatic rings. The number of aromatic nitrogens is 2. The summed E-state index contributed by atoms with van der Waals surface area (Å²) in [6.07, 6.45) is 8.06. The van der Waals surface area contributed by atoms with Crippen LogP contribution in [0.5, 0.6) is 0 Å². The Morgan fingerprint density at radius 1 is 1.09 bits per heavy atom. The first-order valence-corrected chi connectivity index (χ1v) is 17.5. The quantitative estimate of drug-likeness (QED) is 0.187. The molecule has 3 atom stereocenters. The third-order valence-electron chi connectivity index (χ3n) is 7.52. The number of hydrogen-bond acceptors (Lipinski definition) is 10. The number of imide groups is 1. The molecule has 0 saturated heterocycles. The van der Waals surface area contributed by atoms with Crippen molar-refractivity contribution in [2.45, 2.75) is 116 Å². The second-order valence-electron chi connectivity index (χ2n) is 12.4. The number of carbonyl (C=O) groups excluding carboxylic acids is 2. The van der Waals surface area contributed by atoms with Gasteiger partial charge in [0.05, 0.1) is 32.2 Å². The van der Waals surface area contributed by atoms with Crippen molar-refractivity contribution in [1.29, 1.82) is 0 Å². The summed E-state index contributed by atoms with van der Waals surface area (Å²) in [6.45, 7) is 9.20. The number of imidazole rings is 1. The van der Waals surface area contributed by atoms with Crippen molar-refractivity contribution < 1.29 is 37.8 Å². The van der Waals surface area contributed by atoms with E-state index in [1.54, 1.807) is 51.7 Å². The SMILES string of the molecule is CCOP(=O)(OCC)C(O)[C@H](CC1CCCCC1)N[C@@H](Cc1cncn1COCc1ccccc1)C(=O)NC(=O)OC(C)(C)C. The zero-order valence-electron chi connectivity index (χ0n) is 27.3. The zero-order chi connectivity index (χ0) is 32.9. The maximum atomic E-state index is 13.7. The van der Waals surface area contributed by atoms with Crippen LogP contribution in [0.25, 0.3) is 0 Å². The van der Waals surface area contributed by atoms with Gasteiger partial charge in [-0.1, -0.05) is 62.4 Å². The lowest BCUT2D eigenvalue weighted by atomic mass is 9.84. The third-order valence-corrected chi connectivity index (χ3v) is 9.77. The van der Waals surface area contributed by atoms with E-state index in [1.165, 1.54) is 0 Å². The van der Waals surface area contributed by atoms with Crippen LogP contribution >= 0.6 is 7.60 Å². The van der Waals surface area contributed by atoms with Crippen LogP contribution in [0, 0.1) is 5.92 Å². The van der Waals surface area contributed by atoms with Gasteiger partial charge >= 0.3 is 13.7 Å². The molecule has 1 fully saturated rings. The molecule has 252 valence electrons. The van der Waals surface area contributed by atoms with E-state index in [0.717, 1.165) is 37.7 Å². The molecule has 1 unspecified atom stereocenters. The van der Waals surface area contributed by atoms with Crippen LogP contribution in [0.2, 0.25) is 0 Å². The minimum Gasteiger partial charge on any atom is -0.444 e. The van der Waals surface area contributed by atoms with Crippen LogP contribution in [0.15, 0.2) is 42.9 Å². The van der Waals surface area contributed by atoms with Crippen LogP contribution in [0.4, 0.5) is 4.79 Å². The fourth-order valence-electron chi connectivity index (χ4n) is 5.48. The number of alkyl carbamates (subject to hydrolysis) is 1. The molecule has 1 heterocycles. The lowest BCUT2D eigenvalue weighted by Crippen LogP contribution is -2.55. The van der Waals surface area contributed by atoms with Crippen LogP contribution in [-0.4, -0.2) is 63.4 Å². The summed E-state index contributed by atoms with van der Waals surface area (Å²) in [5, 5.41) is 17.1. The first-order valence-electron chi connectivity index (χ1n) is 15.9. The Morgan fingerprint density at radius 2 is 1.76 bits per heavy atom. The standard InChI is InChI=1S/C32H51N4O8P/c1-6-42-45(40,43-7-2)30(38)28(18-24-14-10-8-11-15-24)34-27(29(37)35-31(39)44-32(3,4)5)19-26-20-33-22-36(26)23-41-21-25-16-12-9-13-17-25/h9,12-13,16-17,20,22,24,27-28,30,34,38H,6-8,10-11,14-15,18-19,21,23H2,1-5H3,(H,35,37,39)/t27-,28-,30?/m0/s1. The summed E-state index contributed by atoms with van der Waals surface area (Å²) < 4.78 is 37.8. The number of aliphatic hydroxyl groups excluding tert-OH is 1. The number of carbonyl (C=O) groups is 2. The lowest BCUT2D eigenvalue weighted by molar-refractivity contribution is -0.123. The molecule has 1 aromatic heterocycles. The molecule has 13 heteroatoms. The minimum atomic E-state index is -3.97. The molecule has 12 nitrogen and oxygen atoms in total. The van der Waals surface area contributed by atoms with E-state index in [9.17, 15) is 19.3 Å². The number of nitrogens with zero attached hydrogens (tertiary/aromatic N) is 2. The molecule has 1 aliphatic rings. The van der Waals surface area contributed by atoms with Gasteiger partial charge in [0.2, 0.25) is 5.91 Å². The van der Waals surface area contributed by atoms with Crippen LogP contribution in [0.3, 0.4) is 0 Å². The maximum Gasteiger partial charge on any atom is 0.414 e. The van der Waals surface area contributed by atoms with Crippen molar-refractivity contribution in [2.24, 2.45) is 5.92 Å². The van der Waals surface area contributed by atoms with Crippen molar-refractivity contribution >= 4 is 19.6 Å². The van der Waals surface area contributed by atoms with Crippen molar-refractivity contribution in [3.63, 3.8) is 0 Å². The summed E-state index contributed by atoms with van der Waals surface area (Å²) in [5.74, 6) is -1.96. The molecule has 3 N–H and O–H groups in total. The highest BCUT2D eigenvalue weighted by molar-refractivity contribution is 7.54. The maximum absolute atomic E-state index is 13.7. The molecule has 1 aromatic carbocycles. The molecule has 45 heavy (non-hydrogen) atoms. The van der Waals surface area contributed by atoms with Gasteiger partial charge in [-0.3, -0.25) is 20.0 Å². The zero-order valence-corrected chi connectivity index (χ0v) is 28.2. The fourth-order valence-corrected chi connectivity index (χ4v) is 7.23. The summed E-state index contributed by atoms with van der Waals surface area (Å²) >= 11 is 0. The minimum absolute atomic E-state index is 0.0786. The van der Waals surface area contributed by atoms with Gasteiger partial charge in [0, 0.05) is 24.4 Å². The second kappa shape index (κ2) is 17.9. The highest BCUT2D eigenvalue weighted by Gasteiger charge is 2.42. The molecule has 0 radical (unpaired) electrons. The normalized spacial score (nSPS) is 16.6. The van der Waals surface area contributed by atoms with Crippen molar-refractivity contribution in [2.75, 3.05) is 13.2 Å². The predicted molar refractivity (Wildman–Crippen MR) is 170 cm³/mol. The molecule has 2 amide bonds. The Hall–Kier alpha value is -2.60. The number of hydrogen-bond donors (Lipinski definition) is 3. The summed E-state index contributed by atoms with van der Waals surface area (Å²) in [7, 11) is -3.97. The predicted octanol–water partition coefficient (Wildman–Crippen LogP) is 5.53. The lowest BCUT2D eigenvalue weighted by Gasteiger charge is -2.35. The van der Waals surface area contributed by atoms with E-state index >= 15 is 0 Å². The van der Waals surface area contributed by atoms with E-state index in [1.807, 2.05) is 30.3 Å². The van der Waals surface area contributed by atoms with Crippen molar-refractivity contribution in [3.05, 3.63) is 54.1 Å². The summed E-state index contributed by atoms with van der Waals surface area (Å²) in [4.78, 5) is 30.6. The second-order valence-corrected chi connectivity index (χ2v) is 14.5. The van der Waals surface area contributed by atoms with Gasteiger partial charge in [-0.05, 0) is 52.5 Å². The third kappa shape index (κ3) is 12.3. The fraction of sp³-hybridized carbons (Fsp3) is 0.656. The Morgan fingerprint density at radius 3 is 2.38 bits per heavy atom. The van der Waals surface area contributed by atoms with Crippen molar-refractivity contribution in [3.8, 4) is 0 Å². The number of nitrogens with one attached hydrogen (secondary N) is 2. The van der Waals surface area contributed by atoms with E-state index in [-0.39, 0.29) is 32.3 Å². The Bertz CT molecular complexity index is 1220. The van der Waals surface area contributed by atoms with Gasteiger partial charge < -0.3 is 28.2 Å². The highest BCUT2D eigenvalue weighted by Crippen LogP contribution is 2.54. The first-order chi connectivity index (χ1) is 21.4. The monoisotopic (exact) mass is 650 g/mol. The average molecular weight is 651 g/mol. The van der Waals surface area contributed by atoms with Crippen LogP contribution in [0.1, 0.15) is 84.4 Å². The molecular weight excluding hydrogens is 599 g/mol. The van der Waals surface area contributed by atoms with Gasteiger partial charge in [0.1, 0.15) is 12.3 Å². The number of benzene rings is 1.